The highest BCUT2D eigenvalue weighted by Gasteiger charge is 2.09. The summed E-state index contributed by atoms with van der Waals surface area (Å²) in [7, 11) is 1.74. The molecule has 0 heterocycles. The zero-order chi connectivity index (χ0) is 16.1. The molecule has 0 aliphatic rings. The lowest BCUT2D eigenvalue weighted by molar-refractivity contribution is 0.420. The zero-order valence-corrected chi connectivity index (χ0v) is 13.4. The maximum atomic E-state index is 5.64. The molecule has 0 radical (unpaired) electrons. The molecule has 0 atom stereocenters. The lowest BCUT2D eigenvalue weighted by Crippen LogP contribution is -1.87. The number of rotatable bonds is 1. The highest BCUT2D eigenvalue weighted by molar-refractivity contribution is 6.18. The molecule has 0 saturated heterocycles. The minimum Gasteiger partial charge on any atom is -0.496 e. The fourth-order valence-corrected chi connectivity index (χ4v) is 3.74. The summed E-state index contributed by atoms with van der Waals surface area (Å²) in [6.45, 7) is 0. The van der Waals surface area contributed by atoms with Gasteiger partial charge in [-0.2, -0.15) is 0 Å². The number of hydrogen-bond acceptors (Lipinski definition) is 1. The van der Waals surface area contributed by atoms with Gasteiger partial charge >= 0.3 is 0 Å². The van der Waals surface area contributed by atoms with Gasteiger partial charge in [-0.15, -0.1) is 0 Å². The molecule has 24 heavy (non-hydrogen) atoms. The van der Waals surface area contributed by atoms with Crippen molar-refractivity contribution in [2.75, 3.05) is 7.11 Å². The van der Waals surface area contributed by atoms with Gasteiger partial charge in [0.2, 0.25) is 0 Å². The Kier molecular flexibility index (Phi) is 2.77. The Morgan fingerprint density at radius 3 is 1.96 bits per heavy atom. The van der Waals surface area contributed by atoms with Crippen LogP contribution in [0.15, 0.2) is 78.9 Å². The molecule has 0 aromatic heterocycles. The summed E-state index contributed by atoms with van der Waals surface area (Å²) < 4.78 is 5.64. The molecule has 0 saturated carbocycles. The first-order valence-electron chi connectivity index (χ1n) is 8.16. The van der Waals surface area contributed by atoms with E-state index in [2.05, 4.69) is 78.9 Å². The number of ether oxygens (including phenoxy) is 1. The number of benzene rings is 5. The van der Waals surface area contributed by atoms with Crippen molar-refractivity contribution in [2.24, 2.45) is 0 Å². The van der Waals surface area contributed by atoms with E-state index >= 15 is 0 Å². The monoisotopic (exact) mass is 308 g/mol. The molecule has 0 unspecified atom stereocenters. The third-order valence-corrected chi connectivity index (χ3v) is 4.90. The fourth-order valence-electron chi connectivity index (χ4n) is 3.74. The van der Waals surface area contributed by atoms with Crippen LogP contribution < -0.4 is 4.74 Å². The van der Waals surface area contributed by atoms with E-state index in [1.807, 2.05) is 0 Å². The Labute approximate surface area is 140 Å². The molecule has 5 rings (SSSR count). The second kappa shape index (κ2) is 4.97. The van der Waals surface area contributed by atoms with Crippen LogP contribution in [0.5, 0.6) is 5.75 Å². The lowest BCUT2D eigenvalue weighted by Gasteiger charge is -2.12. The molecule has 0 N–H and O–H groups in total. The maximum Gasteiger partial charge on any atom is 0.127 e. The second-order valence-corrected chi connectivity index (χ2v) is 6.21. The van der Waals surface area contributed by atoms with Gasteiger partial charge in [0.1, 0.15) is 5.75 Å². The molecule has 5 aromatic carbocycles. The van der Waals surface area contributed by atoms with Gasteiger partial charge in [0.25, 0.3) is 0 Å². The van der Waals surface area contributed by atoms with E-state index in [4.69, 9.17) is 4.74 Å². The van der Waals surface area contributed by atoms with Crippen molar-refractivity contribution in [2.45, 2.75) is 0 Å². The summed E-state index contributed by atoms with van der Waals surface area (Å²) in [6.07, 6.45) is 0. The SMILES string of the molecule is COc1cc2cc3c(ccc4ccccc43)cc2c2ccccc12. The van der Waals surface area contributed by atoms with E-state index in [-0.39, 0.29) is 0 Å². The molecule has 1 nitrogen and oxygen atoms in total. The highest BCUT2D eigenvalue weighted by atomic mass is 16.5. The summed E-state index contributed by atoms with van der Waals surface area (Å²) in [5.74, 6) is 0.928. The van der Waals surface area contributed by atoms with Crippen molar-refractivity contribution >= 4 is 43.1 Å². The minimum atomic E-state index is 0.928. The first-order valence-corrected chi connectivity index (χ1v) is 8.16. The van der Waals surface area contributed by atoms with E-state index in [1.54, 1.807) is 7.11 Å². The predicted molar refractivity (Wildman–Crippen MR) is 103 cm³/mol. The van der Waals surface area contributed by atoms with Crippen molar-refractivity contribution in [3.63, 3.8) is 0 Å². The Hall–Kier alpha value is -3.06. The molecular formula is C23H16O. The normalized spacial score (nSPS) is 11.5. The molecule has 0 amide bonds. The Bertz CT molecular complexity index is 1230. The smallest absolute Gasteiger partial charge is 0.127 e. The van der Waals surface area contributed by atoms with Gasteiger partial charge in [-0.05, 0) is 55.9 Å². The average Bonchev–Trinajstić information content (AvgIpc) is 2.66. The number of hydrogen-bond donors (Lipinski definition) is 0. The van der Waals surface area contributed by atoms with Gasteiger partial charge < -0.3 is 4.74 Å². The average molecular weight is 308 g/mol. The number of methoxy groups -OCH3 is 1. The van der Waals surface area contributed by atoms with E-state index < -0.39 is 0 Å². The topological polar surface area (TPSA) is 9.23 Å². The predicted octanol–water partition coefficient (Wildman–Crippen LogP) is 6.31. The Morgan fingerprint density at radius 2 is 1.12 bits per heavy atom. The maximum absolute atomic E-state index is 5.64. The van der Waals surface area contributed by atoms with Gasteiger partial charge in [-0.3, -0.25) is 0 Å². The molecule has 5 aromatic rings. The van der Waals surface area contributed by atoms with Crippen LogP contribution in [0.4, 0.5) is 0 Å². The van der Waals surface area contributed by atoms with Crippen LogP contribution in [-0.4, -0.2) is 7.11 Å². The molecule has 0 spiro atoms. The summed E-state index contributed by atoms with van der Waals surface area (Å²) >= 11 is 0. The van der Waals surface area contributed by atoms with Crippen molar-refractivity contribution in [1.29, 1.82) is 0 Å². The summed E-state index contributed by atoms with van der Waals surface area (Å²) in [4.78, 5) is 0. The first kappa shape index (κ1) is 13.4. The number of fused-ring (bicyclic) bond motifs is 6. The van der Waals surface area contributed by atoms with Crippen molar-refractivity contribution in [3.05, 3.63) is 78.9 Å². The second-order valence-electron chi connectivity index (χ2n) is 6.21. The lowest BCUT2D eigenvalue weighted by atomic mass is 9.95. The Morgan fingerprint density at radius 1 is 0.500 bits per heavy atom. The largest absolute Gasteiger partial charge is 0.496 e. The van der Waals surface area contributed by atoms with Gasteiger partial charge in [0, 0.05) is 5.39 Å². The van der Waals surface area contributed by atoms with Crippen LogP contribution in [0.25, 0.3) is 43.1 Å². The van der Waals surface area contributed by atoms with Crippen molar-refractivity contribution in [1.82, 2.24) is 0 Å². The molecule has 1 heteroatoms. The van der Waals surface area contributed by atoms with Crippen LogP contribution in [0.3, 0.4) is 0 Å². The molecule has 114 valence electrons. The van der Waals surface area contributed by atoms with Crippen LogP contribution in [0.1, 0.15) is 0 Å². The van der Waals surface area contributed by atoms with E-state index in [0.29, 0.717) is 0 Å². The molecule has 0 fully saturated rings. The van der Waals surface area contributed by atoms with Crippen LogP contribution in [0, 0.1) is 0 Å². The van der Waals surface area contributed by atoms with E-state index in [9.17, 15) is 0 Å². The van der Waals surface area contributed by atoms with E-state index in [0.717, 1.165) is 11.1 Å². The van der Waals surface area contributed by atoms with Crippen molar-refractivity contribution < 1.29 is 4.74 Å². The Balaban J connectivity index is 2.01. The highest BCUT2D eigenvalue weighted by Crippen LogP contribution is 2.37. The first-order chi connectivity index (χ1) is 11.8. The molecule has 0 aliphatic carbocycles. The van der Waals surface area contributed by atoms with E-state index in [1.165, 1.54) is 37.7 Å². The van der Waals surface area contributed by atoms with Gasteiger partial charge in [-0.1, -0.05) is 60.7 Å². The molecular weight excluding hydrogens is 292 g/mol. The van der Waals surface area contributed by atoms with Crippen LogP contribution in [0.2, 0.25) is 0 Å². The van der Waals surface area contributed by atoms with Crippen LogP contribution >= 0.6 is 0 Å². The minimum absolute atomic E-state index is 0.928. The van der Waals surface area contributed by atoms with Gasteiger partial charge in [0.05, 0.1) is 7.11 Å². The molecule has 0 aliphatic heterocycles. The van der Waals surface area contributed by atoms with Crippen LogP contribution in [-0.2, 0) is 0 Å². The van der Waals surface area contributed by atoms with Crippen molar-refractivity contribution in [3.8, 4) is 5.75 Å². The standard InChI is InChI=1S/C23H16O/c1-24-23-14-17-13-21-16(11-10-15-6-2-3-7-18(15)21)12-22(17)19-8-4-5-9-20(19)23/h2-14H,1H3. The molecule has 0 bridgehead atoms. The van der Waals surface area contributed by atoms with Gasteiger partial charge in [-0.25, -0.2) is 0 Å². The summed E-state index contributed by atoms with van der Waals surface area (Å²) in [5, 5.41) is 10.0. The third kappa shape index (κ3) is 1.82. The third-order valence-electron chi connectivity index (χ3n) is 4.90. The zero-order valence-electron chi connectivity index (χ0n) is 13.4. The quantitative estimate of drug-likeness (QED) is 0.260. The summed E-state index contributed by atoms with van der Waals surface area (Å²) in [5.41, 5.74) is 0. The fraction of sp³-hybridized carbons (Fsp3) is 0.0435. The van der Waals surface area contributed by atoms with Gasteiger partial charge in [0.15, 0.2) is 0 Å². The summed E-state index contributed by atoms with van der Waals surface area (Å²) in [6, 6.07) is 28.2.